The van der Waals surface area contributed by atoms with Crippen LogP contribution < -0.4 is 0 Å². The SMILES string of the molecule is CCC1=NOC(CSC)(C(=O)OC)C1. The summed E-state index contributed by atoms with van der Waals surface area (Å²) in [7, 11) is 1.37. The van der Waals surface area contributed by atoms with E-state index in [1.54, 1.807) is 11.8 Å². The number of carbonyl (C=O) groups excluding carboxylic acids is 1. The fourth-order valence-electron chi connectivity index (χ4n) is 1.40. The maximum Gasteiger partial charge on any atom is 0.354 e. The largest absolute Gasteiger partial charge is 0.466 e. The van der Waals surface area contributed by atoms with Crippen LogP contribution in [0.25, 0.3) is 0 Å². The van der Waals surface area contributed by atoms with Gasteiger partial charge in [-0.25, -0.2) is 4.79 Å². The zero-order valence-electron chi connectivity index (χ0n) is 8.70. The third-order valence-corrected chi connectivity index (χ3v) is 2.94. The first-order valence-electron chi connectivity index (χ1n) is 4.50. The summed E-state index contributed by atoms with van der Waals surface area (Å²) in [5.74, 6) is 0.242. The minimum atomic E-state index is -0.875. The van der Waals surface area contributed by atoms with Gasteiger partial charge in [0.15, 0.2) is 0 Å². The van der Waals surface area contributed by atoms with E-state index in [4.69, 9.17) is 9.57 Å². The van der Waals surface area contributed by atoms with Crippen LogP contribution in [0.2, 0.25) is 0 Å². The molecule has 0 amide bonds. The summed E-state index contributed by atoms with van der Waals surface area (Å²) in [6.45, 7) is 1.99. The average Bonchev–Trinajstić information content (AvgIpc) is 2.62. The Labute approximate surface area is 88.0 Å². The van der Waals surface area contributed by atoms with Gasteiger partial charge in [-0.3, -0.25) is 0 Å². The molecule has 1 atom stereocenters. The fraction of sp³-hybridized carbons (Fsp3) is 0.778. The highest BCUT2D eigenvalue weighted by Gasteiger charge is 2.46. The Morgan fingerprint density at radius 3 is 2.93 bits per heavy atom. The van der Waals surface area contributed by atoms with E-state index in [1.807, 2.05) is 13.2 Å². The first-order valence-corrected chi connectivity index (χ1v) is 5.89. The number of hydrogen-bond acceptors (Lipinski definition) is 5. The number of nitrogens with zero attached hydrogens (tertiary/aromatic N) is 1. The molecule has 0 saturated heterocycles. The van der Waals surface area contributed by atoms with E-state index < -0.39 is 5.60 Å². The molecule has 0 aromatic carbocycles. The Balaban J connectivity index is 2.73. The minimum Gasteiger partial charge on any atom is -0.466 e. The first-order chi connectivity index (χ1) is 6.68. The minimum absolute atomic E-state index is 0.334. The second-order valence-corrected chi connectivity index (χ2v) is 4.06. The van der Waals surface area contributed by atoms with E-state index in [-0.39, 0.29) is 5.97 Å². The van der Waals surface area contributed by atoms with Crippen molar-refractivity contribution in [2.75, 3.05) is 19.1 Å². The van der Waals surface area contributed by atoms with Crippen LogP contribution in [0.5, 0.6) is 0 Å². The molecule has 4 nitrogen and oxygen atoms in total. The van der Waals surface area contributed by atoms with Crippen LogP contribution in [0.1, 0.15) is 19.8 Å². The van der Waals surface area contributed by atoms with Gasteiger partial charge in [0.05, 0.1) is 12.8 Å². The van der Waals surface area contributed by atoms with E-state index >= 15 is 0 Å². The van der Waals surface area contributed by atoms with Gasteiger partial charge in [-0.05, 0) is 12.7 Å². The van der Waals surface area contributed by atoms with Crippen LogP contribution in [0, 0.1) is 0 Å². The van der Waals surface area contributed by atoms with Gasteiger partial charge in [-0.1, -0.05) is 12.1 Å². The summed E-state index contributed by atoms with van der Waals surface area (Å²) in [4.78, 5) is 16.8. The standard InChI is InChI=1S/C9H15NO3S/c1-4-7-5-9(6-14-3,13-10-7)8(11)12-2/h4-6H2,1-3H3. The molecule has 5 heteroatoms. The summed E-state index contributed by atoms with van der Waals surface area (Å²) >= 11 is 1.55. The lowest BCUT2D eigenvalue weighted by molar-refractivity contribution is -0.163. The lowest BCUT2D eigenvalue weighted by Crippen LogP contribution is -2.42. The molecule has 0 bridgehead atoms. The number of carbonyl (C=O) groups is 1. The molecule has 14 heavy (non-hydrogen) atoms. The van der Waals surface area contributed by atoms with Gasteiger partial charge < -0.3 is 9.57 Å². The molecule has 1 heterocycles. The van der Waals surface area contributed by atoms with E-state index in [1.165, 1.54) is 7.11 Å². The molecule has 0 spiro atoms. The van der Waals surface area contributed by atoms with Crippen molar-refractivity contribution >= 4 is 23.4 Å². The van der Waals surface area contributed by atoms with Crippen molar-refractivity contribution in [2.24, 2.45) is 5.16 Å². The highest BCUT2D eigenvalue weighted by Crippen LogP contribution is 2.29. The van der Waals surface area contributed by atoms with Crippen molar-refractivity contribution in [3.8, 4) is 0 Å². The fourth-order valence-corrected chi connectivity index (χ4v) is 2.14. The summed E-state index contributed by atoms with van der Waals surface area (Å²) in [5, 5.41) is 3.90. The molecule has 1 unspecified atom stereocenters. The van der Waals surface area contributed by atoms with Gasteiger partial charge in [0.1, 0.15) is 0 Å². The molecule has 0 N–H and O–H groups in total. The predicted octanol–water partition coefficient (Wildman–Crippen LogP) is 1.45. The van der Waals surface area contributed by atoms with Gasteiger partial charge >= 0.3 is 5.97 Å². The molecule has 80 valence electrons. The number of rotatable bonds is 4. The summed E-state index contributed by atoms with van der Waals surface area (Å²) < 4.78 is 4.73. The number of thioether (sulfide) groups is 1. The second kappa shape index (κ2) is 4.68. The smallest absolute Gasteiger partial charge is 0.354 e. The molecular formula is C9H15NO3S. The summed E-state index contributed by atoms with van der Waals surface area (Å²) in [6, 6.07) is 0. The molecule has 1 aliphatic heterocycles. The zero-order chi connectivity index (χ0) is 10.6. The maximum atomic E-state index is 11.6. The normalized spacial score (nSPS) is 25.5. The van der Waals surface area contributed by atoms with Crippen LogP contribution in [-0.2, 0) is 14.4 Å². The van der Waals surface area contributed by atoms with Crippen molar-refractivity contribution < 1.29 is 14.4 Å². The zero-order valence-corrected chi connectivity index (χ0v) is 9.52. The quantitative estimate of drug-likeness (QED) is 0.669. The van der Waals surface area contributed by atoms with Gasteiger partial charge in [0.2, 0.25) is 5.60 Å². The van der Waals surface area contributed by atoms with Gasteiger partial charge in [-0.15, -0.1) is 0 Å². The molecular weight excluding hydrogens is 202 g/mol. The molecule has 1 aliphatic rings. The number of ether oxygens (including phenoxy) is 1. The second-order valence-electron chi connectivity index (χ2n) is 3.20. The van der Waals surface area contributed by atoms with E-state index in [9.17, 15) is 4.79 Å². The van der Waals surface area contributed by atoms with Gasteiger partial charge in [0, 0.05) is 12.2 Å². The predicted molar refractivity (Wildman–Crippen MR) is 56.6 cm³/mol. The van der Waals surface area contributed by atoms with E-state index in [2.05, 4.69) is 5.16 Å². The number of methoxy groups -OCH3 is 1. The van der Waals surface area contributed by atoms with Crippen molar-refractivity contribution in [1.29, 1.82) is 0 Å². The number of oxime groups is 1. The maximum absolute atomic E-state index is 11.6. The van der Waals surface area contributed by atoms with Crippen LogP contribution in [0.4, 0.5) is 0 Å². The van der Waals surface area contributed by atoms with Crippen LogP contribution in [0.15, 0.2) is 5.16 Å². The molecule has 0 aromatic rings. The number of hydrogen-bond donors (Lipinski definition) is 0. The van der Waals surface area contributed by atoms with Crippen molar-refractivity contribution in [3.63, 3.8) is 0 Å². The Morgan fingerprint density at radius 2 is 2.50 bits per heavy atom. The highest BCUT2D eigenvalue weighted by molar-refractivity contribution is 7.98. The molecule has 0 fully saturated rings. The molecule has 1 rings (SSSR count). The number of esters is 1. The van der Waals surface area contributed by atoms with E-state index in [0.717, 1.165) is 12.1 Å². The monoisotopic (exact) mass is 217 g/mol. The van der Waals surface area contributed by atoms with Crippen molar-refractivity contribution in [2.45, 2.75) is 25.4 Å². The Bertz CT molecular complexity index is 254. The molecule has 0 aromatic heterocycles. The van der Waals surface area contributed by atoms with Crippen LogP contribution in [-0.4, -0.2) is 36.4 Å². The molecule has 0 saturated carbocycles. The molecule has 0 aliphatic carbocycles. The van der Waals surface area contributed by atoms with Gasteiger partial charge in [0.25, 0.3) is 0 Å². The Kier molecular flexibility index (Phi) is 3.80. The Hall–Kier alpha value is -0.710. The third-order valence-electron chi connectivity index (χ3n) is 2.18. The van der Waals surface area contributed by atoms with Crippen LogP contribution in [0.3, 0.4) is 0 Å². The average molecular weight is 217 g/mol. The lowest BCUT2D eigenvalue weighted by Gasteiger charge is -2.22. The summed E-state index contributed by atoms with van der Waals surface area (Å²) in [6.07, 6.45) is 3.29. The van der Waals surface area contributed by atoms with E-state index in [0.29, 0.717) is 12.2 Å². The van der Waals surface area contributed by atoms with Crippen molar-refractivity contribution in [1.82, 2.24) is 0 Å². The van der Waals surface area contributed by atoms with Crippen molar-refractivity contribution in [3.05, 3.63) is 0 Å². The topological polar surface area (TPSA) is 47.9 Å². The first kappa shape index (κ1) is 11.4. The third kappa shape index (κ3) is 2.03. The highest BCUT2D eigenvalue weighted by atomic mass is 32.2. The lowest BCUT2D eigenvalue weighted by atomic mass is 9.99. The Morgan fingerprint density at radius 1 is 1.79 bits per heavy atom. The van der Waals surface area contributed by atoms with Gasteiger partial charge in [-0.2, -0.15) is 11.8 Å². The molecule has 0 radical (unpaired) electrons. The van der Waals surface area contributed by atoms with Crippen LogP contribution >= 0.6 is 11.8 Å². The summed E-state index contributed by atoms with van der Waals surface area (Å²) in [5.41, 5.74) is 0.0453.